The molecule has 3 aliphatic heterocycles. The molecule has 1 aromatic carbocycles. The summed E-state index contributed by atoms with van der Waals surface area (Å²) in [5.41, 5.74) is 6.56. The number of rotatable bonds is 14. The van der Waals surface area contributed by atoms with Crippen LogP contribution in [0.25, 0.3) is 10.1 Å². The first-order valence-corrected chi connectivity index (χ1v) is 18.5. The van der Waals surface area contributed by atoms with Gasteiger partial charge in [0.25, 0.3) is 10.0 Å². The second kappa shape index (κ2) is 12.8. The van der Waals surface area contributed by atoms with E-state index >= 15 is 0 Å². The topological polar surface area (TPSA) is 165 Å². The number of nitrogens with two attached hydrogens (primary N) is 1. The maximum atomic E-state index is 13.2. The number of ether oxygens (including phenoxy) is 1. The van der Waals surface area contributed by atoms with Gasteiger partial charge in [0.2, 0.25) is 0 Å². The minimum Gasteiger partial charge on any atom is -0.492 e. The molecule has 3 aromatic rings. The van der Waals surface area contributed by atoms with Crippen molar-refractivity contribution in [3.63, 3.8) is 0 Å². The number of nitrogens with one attached hydrogen (secondary N) is 1. The molecule has 0 spiro atoms. The first-order valence-electron chi connectivity index (χ1n) is 14.4. The van der Waals surface area contributed by atoms with Gasteiger partial charge in [-0.3, -0.25) is 4.98 Å². The van der Waals surface area contributed by atoms with Crippen LogP contribution >= 0.6 is 18.9 Å². The van der Waals surface area contributed by atoms with Crippen LogP contribution < -0.4 is 19.7 Å². The molecule has 43 heavy (non-hydrogen) atoms. The van der Waals surface area contributed by atoms with Gasteiger partial charge < -0.3 is 28.9 Å². The number of benzene rings is 1. The summed E-state index contributed by atoms with van der Waals surface area (Å²) in [6.07, 6.45) is 3.87. The molecule has 3 saturated heterocycles. The summed E-state index contributed by atoms with van der Waals surface area (Å²) in [5.74, 6) is 0.477. The van der Waals surface area contributed by atoms with E-state index in [1.807, 2.05) is 0 Å². The minimum atomic E-state index is -4.34. The standard InChI is InChI=1S/C28H38N6O6PS2/c1-22-25-18-26(39-16-4-9-34-13-10-33(11-14-34,12-15-34)8-3-6-29)23(19-30)17-27(25)42-28(22)43(37,38)32-21-41(35,36)40-24-5-2-7-31-20-24/h2,5,7,17-18,20,32H,3-4,6,8-16,21,29H2,1H3/q+1/p+1. The lowest BCUT2D eigenvalue weighted by Gasteiger charge is -2.55. The molecule has 1 unspecified atom stereocenters. The summed E-state index contributed by atoms with van der Waals surface area (Å²) >= 11 is 0.992. The average Bonchev–Trinajstić information content (AvgIpc) is 3.34. The molecular formula is C28H39N6O6PS2+2. The van der Waals surface area contributed by atoms with E-state index in [0.717, 1.165) is 41.8 Å². The zero-order valence-corrected chi connectivity index (χ0v) is 26.8. The summed E-state index contributed by atoms with van der Waals surface area (Å²) in [7, 11) is -8.49. The maximum Gasteiger partial charge on any atom is 0.391 e. The Kier molecular flexibility index (Phi) is 9.46. The normalized spacial score (nSPS) is 23.1. The van der Waals surface area contributed by atoms with E-state index in [1.54, 1.807) is 19.1 Å². The highest BCUT2D eigenvalue weighted by molar-refractivity contribution is 7.92. The highest BCUT2D eigenvalue weighted by Gasteiger charge is 2.48. The van der Waals surface area contributed by atoms with Crippen molar-refractivity contribution in [3.8, 4) is 17.6 Å². The fourth-order valence-corrected chi connectivity index (χ4v) is 10.5. The van der Waals surface area contributed by atoms with Crippen molar-refractivity contribution in [1.82, 2.24) is 9.71 Å². The number of piperazine rings is 3. The number of hydrogen-bond donors (Lipinski definition) is 3. The summed E-state index contributed by atoms with van der Waals surface area (Å²) in [4.78, 5) is 14.0. The second-order valence-corrected chi connectivity index (χ2v) is 16.3. The molecule has 12 nitrogen and oxygen atoms in total. The number of hydrogen-bond acceptors (Lipinski definition) is 9. The van der Waals surface area contributed by atoms with Gasteiger partial charge in [-0.1, -0.05) is 0 Å². The molecule has 0 aliphatic carbocycles. The predicted molar refractivity (Wildman–Crippen MR) is 164 cm³/mol. The van der Waals surface area contributed by atoms with E-state index in [9.17, 15) is 23.1 Å². The molecule has 0 saturated carbocycles. The van der Waals surface area contributed by atoms with Gasteiger partial charge in [0.1, 0.15) is 67.3 Å². The van der Waals surface area contributed by atoms with Crippen molar-refractivity contribution in [2.45, 2.75) is 24.0 Å². The van der Waals surface area contributed by atoms with E-state index in [1.165, 1.54) is 74.8 Å². The number of pyridine rings is 1. The third-order valence-electron chi connectivity index (χ3n) is 8.71. The molecule has 3 fully saturated rings. The second-order valence-electron chi connectivity index (χ2n) is 11.5. The zero-order valence-electron chi connectivity index (χ0n) is 24.3. The van der Waals surface area contributed by atoms with E-state index in [4.69, 9.17) is 15.0 Å². The summed E-state index contributed by atoms with van der Waals surface area (Å²) in [6.45, 7) is 12.3. The van der Waals surface area contributed by atoms with Crippen molar-refractivity contribution >= 4 is 39.0 Å². The van der Waals surface area contributed by atoms with E-state index in [0.29, 0.717) is 33.6 Å². The summed E-state index contributed by atoms with van der Waals surface area (Å²) in [5, 5.41) is 10.4. The molecule has 2 bridgehead atoms. The van der Waals surface area contributed by atoms with Crippen LogP contribution in [-0.2, 0) is 14.6 Å². The van der Waals surface area contributed by atoms with Crippen LogP contribution in [0, 0.1) is 18.3 Å². The lowest BCUT2D eigenvalue weighted by molar-refractivity contribution is -1.08. The van der Waals surface area contributed by atoms with Crippen molar-refractivity contribution in [1.29, 1.82) is 5.26 Å². The molecule has 0 radical (unpaired) electrons. The molecule has 232 valence electrons. The van der Waals surface area contributed by atoms with Gasteiger partial charge in [-0.25, -0.2) is 13.0 Å². The lowest BCUT2D eigenvalue weighted by atomic mass is 10.1. The van der Waals surface area contributed by atoms with Crippen molar-refractivity contribution < 1.29 is 36.1 Å². The number of thiophene rings is 1. The maximum absolute atomic E-state index is 13.2. The van der Waals surface area contributed by atoms with Crippen molar-refractivity contribution in [3.05, 3.63) is 47.8 Å². The molecule has 0 amide bonds. The highest BCUT2D eigenvalue weighted by atomic mass is 32.2. The van der Waals surface area contributed by atoms with Crippen LogP contribution in [0.4, 0.5) is 0 Å². The van der Waals surface area contributed by atoms with Crippen LogP contribution in [0.1, 0.15) is 24.0 Å². The van der Waals surface area contributed by atoms with E-state index in [-0.39, 0.29) is 9.96 Å². The molecule has 5 heterocycles. The number of aryl methyl sites for hydroxylation is 1. The van der Waals surface area contributed by atoms with Crippen molar-refractivity contribution in [2.75, 3.05) is 71.8 Å². The number of fused-ring (bicyclic) bond motifs is 4. The van der Waals surface area contributed by atoms with Gasteiger partial charge in [-0.15, -0.1) is 11.3 Å². The van der Waals surface area contributed by atoms with E-state index < -0.39 is 23.9 Å². The van der Waals surface area contributed by atoms with Gasteiger partial charge >= 0.3 is 7.60 Å². The number of nitriles is 1. The number of quaternary nitrogens is 2. The summed E-state index contributed by atoms with van der Waals surface area (Å²) < 4.78 is 55.1. The van der Waals surface area contributed by atoms with Crippen LogP contribution in [0.5, 0.6) is 11.5 Å². The van der Waals surface area contributed by atoms with Crippen LogP contribution in [0.3, 0.4) is 0 Å². The van der Waals surface area contributed by atoms with Gasteiger partial charge in [0.15, 0.2) is 0 Å². The molecule has 4 N–H and O–H groups in total. The lowest BCUT2D eigenvalue weighted by Crippen LogP contribution is -2.75. The smallest absolute Gasteiger partial charge is 0.391 e. The largest absolute Gasteiger partial charge is 0.492 e. The van der Waals surface area contributed by atoms with Crippen LogP contribution in [-0.4, -0.2) is 99.1 Å². The number of nitrogens with zero attached hydrogens (tertiary/aromatic N) is 4. The predicted octanol–water partition coefficient (Wildman–Crippen LogP) is 2.76. The Bertz CT molecular complexity index is 1630. The Labute approximate surface area is 256 Å². The third-order valence-corrected chi connectivity index (χ3v) is 13.3. The Morgan fingerprint density at radius 2 is 1.84 bits per heavy atom. The van der Waals surface area contributed by atoms with Gasteiger partial charge in [-0.2, -0.15) is 9.98 Å². The van der Waals surface area contributed by atoms with Crippen molar-refractivity contribution in [2.24, 2.45) is 5.73 Å². The van der Waals surface area contributed by atoms with Crippen LogP contribution in [0.2, 0.25) is 0 Å². The monoisotopic (exact) mass is 650 g/mol. The Morgan fingerprint density at radius 3 is 2.44 bits per heavy atom. The van der Waals surface area contributed by atoms with Crippen LogP contribution in [0.15, 0.2) is 40.9 Å². The SMILES string of the molecule is Cc1c(S(=O)(=O)NCP(=O)(O)Oc2cccnc2)sc2cc(C#N)c(OCCC[N+]34CC[N+](CCCN)(CC3)CC4)cc12. The molecular weight excluding hydrogens is 611 g/mol. The summed E-state index contributed by atoms with van der Waals surface area (Å²) in [6, 6.07) is 8.51. The zero-order chi connectivity index (χ0) is 30.7. The quantitative estimate of drug-likeness (QED) is 0.135. The van der Waals surface area contributed by atoms with E-state index in [2.05, 4.69) is 15.8 Å². The molecule has 3 aliphatic rings. The number of aromatic nitrogens is 1. The minimum absolute atomic E-state index is 0.00291. The first-order chi connectivity index (χ1) is 20.5. The molecule has 15 heteroatoms. The molecule has 1 atom stereocenters. The Morgan fingerprint density at radius 1 is 1.16 bits per heavy atom. The molecule has 6 rings (SSSR count). The average molecular weight is 651 g/mol. The highest BCUT2D eigenvalue weighted by Crippen LogP contribution is 2.42. The van der Waals surface area contributed by atoms with Gasteiger partial charge in [0, 0.05) is 29.1 Å². The Balaban J connectivity index is 1.22. The number of sulfonamides is 1. The first kappa shape index (κ1) is 31.8. The van der Waals surface area contributed by atoms with Gasteiger partial charge in [0.05, 0.1) is 31.5 Å². The fourth-order valence-electron chi connectivity index (χ4n) is 6.14. The molecule has 2 aromatic heterocycles. The fraction of sp³-hybridized carbons (Fsp3) is 0.500. The third kappa shape index (κ3) is 7.21. The van der Waals surface area contributed by atoms with Gasteiger partial charge in [-0.05, 0) is 43.3 Å². The Hall–Kier alpha value is -2.60.